The van der Waals surface area contributed by atoms with E-state index in [1.807, 2.05) is 0 Å². The van der Waals surface area contributed by atoms with Gasteiger partial charge in [0.05, 0.1) is 5.60 Å². The normalized spacial score (nSPS) is 16.9. The lowest BCUT2D eigenvalue weighted by Crippen LogP contribution is -2.41. The molecular formula is C14H22FNO. The van der Waals surface area contributed by atoms with Gasteiger partial charge in [-0.3, -0.25) is 0 Å². The van der Waals surface area contributed by atoms with Gasteiger partial charge in [-0.15, -0.1) is 0 Å². The quantitative estimate of drug-likeness (QED) is 0.828. The van der Waals surface area contributed by atoms with Crippen LogP contribution in [0.25, 0.3) is 0 Å². The molecule has 2 N–H and O–H groups in total. The molecule has 0 bridgehead atoms. The van der Waals surface area contributed by atoms with Crippen LogP contribution in [-0.2, 0) is 5.60 Å². The van der Waals surface area contributed by atoms with E-state index < -0.39 is 5.60 Å². The Hall–Kier alpha value is -0.930. The second kappa shape index (κ2) is 5.61. The molecule has 1 rings (SSSR count). The van der Waals surface area contributed by atoms with Crippen molar-refractivity contribution in [3.8, 4) is 0 Å². The van der Waals surface area contributed by atoms with Crippen LogP contribution >= 0.6 is 0 Å². The summed E-state index contributed by atoms with van der Waals surface area (Å²) in [5, 5.41) is 13.6. The Morgan fingerprint density at radius 1 is 1.24 bits per heavy atom. The summed E-state index contributed by atoms with van der Waals surface area (Å²) in [5.41, 5.74) is -0.251. The average molecular weight is 239 g/mol. The maximum atomic E-state index is 12.8. The van der Waals surface area contributed by atoms with E-state index >= 15 is 0 Å². The zero-order chi connectivity index (χ0) is 13.1. The molecule has 0 radical (unpaired) electrons. The topological polar surface area (TPSA) is 32.3 Å². The zero-order valence-electron chi connectivity index (χ0n) is 11.0. The van der Waals surface area contributed by atoms with Crippen molar-refractivity contribution in [1.29, 1.82) is 0 Å². The van der Waals surface area contributed by atoms with Gasteiger partial charge < -0.3 is 10.4 Å². The third kappa shape index (κ3) is 4.10. The molecule has 0 spiro atoms. The van der Waals surface area contributed by atoms with Crippen LogP contribution in [-0.4, -0.2) is 17.7 Å². The van der Waals surface area contributed by atoms with Crippen LogP contribution in [0.5, 0.6) is 0 Å². The fraction of sp³-hybridized carbons (Fsp3) is 0.571. The largest absolute Gasteiger partial charge is 0.384 e. The van der Waals surface area contributed by atoms with E-state index in [2.05, 4.69) is 26.1 Å². The molecule has 2 nitrogen and oxygen atoms in total. The van der Waals surface area contributed by atoms with E-state index in [4.69, 9.17) is 0 Å². The summed E-state index contributed by atoms with van der Waals surface area (Å²) in [6.07, 6.45) is 0. The Balaban J connectivity index is 2.65. The fourth-order valence-electron chi connectivity index (χ4n) is 1.51. The number of benzene rings is 1. The lowest BCUT2D eigenvalue weighted by molar-refractivity contribution is 0.0527. The van der Waals surface area contributed by atoms with Crippen molar-refractivity contribution in [2.45, 2.75) is 39.3 Å². The van der Waals surface area contributed by atoms with Gasteiger partial charge >= 0.3 is 0 Å². The molecule has 0 amide bonds. The summed E-state index contributed by atoms with van der Waals surface area (Å²) >= 11 is 0. The Kier molecular flexibility index (Phi) is 4.66. The highest BCUT2D eigenvalue weighted by Gasteiger charge is 2.23. The molecule has 3 heteroatoms. The molecule has 0 aliphatic heterocycles. The van der Waals surface area contributed by atoms with Crippen molar-refractivity contribution in [3.05, 3.63) is 35.6 Å². The summed E-state index contributed by atoms with van der Waals surface area (Å²) in [5.74, 6) is 0.229. The summed E-state index contributed by atoms with van der Waals surface area (Å²) in [6.45, 7) is 8.54. The van der Waals surface area contributed by atoms with Crippen molar-refractivity contribution in [2.75, 3.05) is 6.54 Å². The van der Waals surface area contributed by atoms with Crippen molar-refractivity contribution in [3.63, 3.8) is 0 Å². The fourth-order valence-corrected chi connectivity index (χ4v) is 1.51. The standard InChI is InChI=1S/C14H22FNO/c1-10(2)11(3)16-9-14(4,17)12-5-7-13(15)8-6-12/h5-8,10-11,16-17H,9H2,1-4H3. The minimum atomic E-state index is -0.975. The SMILES string of the molecule is CC(C)C(C)NCC(C)(O)c1ccc(F)cc1. The molecule has 1 aromatic rings. The molecule has 0 aromatic heterocycles. The van der Waals surface area contributed by atoms with Gasteiger partial charge in [0.15, 0.2) is 0 Å². The number of rotatable bonds is 5. The van der Waals surface area contributed by atoms with Crippen LogP contribution in [0.4, 0.5) is 4.39 Å². The molecule has 1 aromatic carbocycles. The Bertz CT molecular complexity index is 346. The Labute approximate surface area is 103 Å². The summed E-state index contributed by atoms with van der Waals surface area (Å²) < 4.78 is 12.8. The first-order valence-electron chi connectivity index (χ1n) is 6.05. The van der Waals surface area contributed by atoms with Gasteiger partial charge in [0.2, 0.25) is 0 Å². The molecule has 96 valence electrons. The van der Waals surface area contributed by atoms with Crippen molar-refractivity contribution in [2.24, 2.45) is 5.92 Å². The van der Waals surface area contributed by atoms with E-state index in [1.165, 1.54) is 12.1 Å². The minimum absolute atomic E-state index is 0.284. The molecule has 0 heterocycles. The van der Waals surface area contributed by atoms with Gasteiger partial charge in [-0.1, -0.05) is 26.0 Å². The lowest BCUT2D eigenvalue weighted by atomic mass is 9.95. The first-order chi connectivity index (χ1) is 7.83. The van der Waals surface area contributed by atoms with Gasteiger partial charge in [0, 0.05) is 12.6 Å². The van der Waals surface area contributed by atoms with Gasteiger partial charge in [0.1, 0.15) is 5.82 Å². The number of aliphatic hydroxyl groups is 1. The van der Waals surface area contributed by atoms with Gasteiger partial charge in [-0.25, -0.2) is 4.39 Å². The summed E-state index contributed by atoms with van der Waals surface area (Å²) in [7, 11) is 0. The first kappa shape index (κ1) is 14.1. The lowest BCUT2D eigenvalue weighted by Gasteiger charge is -2.27. The van der Waals surface area contributed by atoms with Crippen LogP contribution in [0.15, 0.2) is 24.3 Å². The summed E-state index contributed by atoms with van der Waals surface area (Å²) in [6, 6.07) is 6.32. The van der Waals surface area contributed by atoms with Gasteiger partial charge in [-0.05, 0) is 37.5 Å². The van der Waals surface area contributed by atoms with Gasteiger partial charge in [0.25, 0.3) is 0 Å². The Morgan fingerprint density at radius 3 is 2.24 bits per heavy atom. The number of hydrogen-bond acceptors (Lipinski definition) is 2. The van der Waals surface area contributed by atoms with Crippen LogP contribution in [0.3, 0.4) is 0 Å². The third-order valence-electron chi connectivity index (χ3n) is 3.23. The predicted octanol–water partition coefficient (Wildman–Crippen LogP) is 2.67. The smallest absolute Gasteiger partial charge is 0.123 e. The molecule has 0 saturated heterocycles. The molecule has 17 heavy (non-hydrogen) atoms. The Morgan fingerprint density at radius 2 is 1.76 bits per heavy atom. The maximum absolute atomic E-state index is 12.8. The van der Waals surface area contributed by atoms with Crippen LogP contribution < -0.4 is 5.32 Å². The van der Waals surface area contributed by atoms with E-state index in [9.17, 15) is 9.50 Å². The van der Waals surface area contributed by atoms with Crippen molar-refractivity contribution >= 4 is 0 Å². The predicted molar refractivity (Wildman–Crippen MR) is 68.3 cm³/mol. The monoisotopic (exact) mass is 239 g/mol. The number of nitrogens with one attached hydrogen (secondary N) is 1. The van der Waals surface area contributed by atoms with Crippen LogP contribution in [0.1, 0.15) is 33.3 Å². The molecular weight excluding hydrogens is 217 g/mol. The van der Waals surface area contributed by atoms with Crippen LogP contribution in [0, 0.1) is 11.7 Å². The molecule has 0 aliphatic carbocycles. The highest BCUT2D eigenvalue weighted by atomic mass is 19.1. The van der Waals surface area contributed by atoms with E-state index in [0.29, 0.717) is 18.5 Å². The van der Waals surface area contributed by atoms with E-state index in [1.54, 1.807) is 19.1 Å². The van der Waals surface area contributed by atoms with E-state index in [-0.39, 0.29) is 5.82 Å². The number of hydrogen-bond donors (Lipinski definition) is 2. The maximum Gasteiger partial charge on any atom is 0.123 e. The number of halogens is 1. The van der Waals surface area contributed by atoms with Crippen LogP contribution in [0.2, 0.25) is 0 Å². The van der Waals surface area contributed by atoms with Crippen molar-refractivity contribution < 1.29 is 9.50 Å². The highest BCUT2D eigenvalue weighted by Crippen LogP contribution is 2.20. The average Bonchev–Trinajstić information content (AvgIpc) is 2.26. The van der Waals surface area contributed by atoms with Crippen molar-refractivity contribution in [1.82, 2.24) is 5.32 Å². The third-order valence-corrected chi connectivity index (χ3v) is 3.23. The zero-order valence-corrected chi connectivity index (χ0v) is 11.0. The highest BCUT2D eigenvalue weighted by molar-refractivity contribution is 5.22. The molecule has 2 unspecified atom stereocenters. The molecule has 0 aliphatic rings. The second-order valence-corrected chi connectivity index (χ2v) is 5.19. The van der Waals surface area contributed by atoms with Gasteiger partial charge in [-0.2, -0.15) is 0 Å². The van der Waals surface area contributed by atoms with E-state index in [0.717, 1.165) is 5.56 Å². The minimum Gasteiger partial charge on any atom is -0.384 e. The summed E-state index contributed by atoms with van der Waals surface area (Å²) in [4.78, 5) is 0. The molecule has 0 fully saturated rings. The first-order valence-corrected chi connectivity index (χ1v) is 6.05. The molecule has 0 saturated carbocycles. The second-order valence-electron chi connectivity index (χ2n) is 5.19. The molecule has 2 atom stereocenters.